The van der Waals surface area contributed by atoms with Crippen LogP contribution in [0.3, 0.4) is 0 Å². The van der Waals surface area contributed by atoms with E-state index in [4.69, 9.17) is 14.2 Å². The van der Waals surface area contributed by atoms with Gasteiger partial charge in [0.15, 0.2) is 0 Å². The topological polar surface area (TPSA) is 66.8 Å². The summed E-state index contributed by atoms with van der Waals surface area (Å²) < 4.78 is 16.2. The Hall–Kier alpha value is -1.98. The summed E-state index contributed by atoms with van der Waals surface area (Å²) in [5.41, 5.74) is -0.575. The molecule has 1 aromatic rings. The Morgan fingerprint density at radius 1 is 1.32 bits per heavy atom. The zero-order valence-corrected chi connectivity index (χ0v) is 11.9. The summed E-state index contributed by atoms with van der Waals surface area (Å²) in [6, 6.07) is 1.43. The molecule has 106 valence electrons. The van der Waals surface area contributed by atoms with Crippen molar-refractivity contribution in [1.82, 2.24) is 4.57 Å². The summed E-state index contributed by atoms with van der Waals surface area (Å²) in [5, 5.41) is 0. The lowest BCUT2D eigenvalue weighted by atomic mass is 10.2. The van der Waals surface area contributed by atoms with Gasteiger partial charge in [-0.1, -0.05) is 0 Å². The fourth-order valence-electron chi connectivity index (χ4n) is 1.37. The van der Waals surface area contributed by atoms with Crippen LogP contribution in [0, 0.1) is 0 Å². The number of aromatic nitrogens is 1. The van der Waals surface area contributed by atoms with Gasteiger partial charge < -0.3 is 14.2 Å². The molecular formula is C13H19NO5. The van der Waals surface area contributed by atoms with Crippen molar-refractivity contribution in [3.8, 4) is 5.75 Å². The number of hydrogen-bond acceptors (Lipinski definition) is 5. The highest BCUT2D eigenvalue weighted by Gasteiger charge is 2.24. The maximum atomic E-state index is 12.0. The lowest BCUT2D eigenvalue weighted by Gasteiger charge is -2.20. The van der Waals surface area contributed by atoms with Crippen molar-refractivity contribution in [3.63, 3.8) is 0 Å². The number of methoxy groups -OCH3 is 1. The first-order valence-corrected chi connectivity index (χ1v) is 5.95. The number of carbonyl (C=O) groups excluding carboxylic acids is 2. The highest BCUT2D eigenvalue weighted by molar-refractivity contribution is 5.92. The van der Waals surface area contributed by atoms with E-state index < -0.39 is 17.7 Å². The second kappa shape index (κ2) is 5.77. The molecule has 0 aromatic carbocycles. The van der Waals surface area contributed by atoms with E-state index in [-0.39, 0.29) is 12.3 Å². The first kappa shape index (κ1) is 15.1. The highest BCUT2D eigenvalue weighted by atomic mass is 16.6. The molecule has 0 saturated heterocycles. The van der Waals surface area contributed by atoms with Crippen LogP contribution in [0.4, 0.5) is 4.79 Å². The second-order valence-electron chi connectivity index (χ2n) is 4.84. The number of hydrogen-bond donors (Lipinski definition) is 0. The molecule has 0 aliphatic rings. The van der Waals surface area contributed by atoms with Crippen molar-refractivity contribution >= 4 is 12.1 Å². The van der Waals surface area contributed by atoms with Gasteiger partial charge in [-0.3, -0.25) is 0 Å². The Bertz CT molecular complexity index is 470. The van der Waals surface area contributed by atoms with E-state index in [1.807, 2.05) is 0 Å². The van der Waals surface area contributed by atoms with E-state index in [0.717, 1.165) is 4.57 Å². The monoisotopic (exact) mass is 269 g/mol. The number of nitrogens with zero attached hydrogens (tertiary/aromatic N) is 1. The van der Waals surface area contributed by atoms with E-state index in [1.165, 1.54) is 19.4 Å². The van der Waals surface area contributed by atoms with Crippen molar-refractivity contribution in [2.24, 2.45) is 0 Å². The number of rotatable bonds is 3. The van der Waals surface area contributed by atoms with E-state index in [2.05, 4.69) is 0 Å². The highest BCUT2D eigenvalue weighted by Crippen LogP contribution is 2.19. The van der Waals surface area contributed by atoms with E-state index in [0.29, 0.717) is 5.75 Å². The summed E-state index contributed by atoms with van der Waals surface area (Å²) >= 11 is 0. The predicted octanol–water partition coefficient (Wildman–Crippen LogP) is 2.46. The fraction of sp³-hybridized carbons (Fsp3) is 0.538. The number of ether oxygens (including phenoxy) is 3. The van der Waals surface area contributed by atoms with Gasteiger partial charge in [0.25, 0.3) is 0 Å². The van der Waals surface area contributed by atoms with Crippen LogP contribution in [0.15, 0.2) is 12.3 Å². The molecule has 0 saturated carbocycles. The summed E-state index contributed by atoms with van der Waals surface area (Å²) in [5.74, 6) is -0.217. The Morgan fingerprint density at radius 3 is 2.42 bits per heavy atom. The lowest BCUT2D eigenvalue weighted by molar-refractivity contribution is 0.0449. The van der Waals surface area contributed by atoms with Gasteiger partial charge in [0.05, 0.1) is 19.9 Å². The molecule has 0 spiro atoms. The van der Waals surface area contributed by atoms with Gasteiger partial charge in [-0.05, 0) is 27.7 Å². The molecule has 0 N–H and O–H groups in total. The molecule has 1 aromatic heterocycles. The zero-order valence-electron chi connectivity index (χ0n) is 11.9. The summed E-state index contributed by atoms with van der Waals surface area (Å²) in [4.78, 5) is 23.8. The lowest BCUT2D eigenvalue weighted by Crippen LogP contribution is -2.28. The van der Waals surface area contributed by atoms with Gasteiger partial charge in [-0.25, -0.2) is 14.2 Å². The molecule has 0 radical (unpaired) electrons. The normalized spacial score (nSPS) is 11.0. The van der Waals surface area contributed by atoms with Gasteiger partial charge in [-0.2, -0.15) is 0 Å². The Morgan fingerprint density at radius 2 is 1.95 bits per heavy atom. The largest absolute Gasteiger partial charge is 0.495 e. The maximum Gasteiger partial charge on any atom is 0.419 e. The van der Waals surface area contributed by atoms with E-state index >= 15 is 0 Å². The molecule has 0 aliphatic carbocycles. The van der Waals surface area contributed by atoms with Crippen LogP contribution in [-0.4, -0.2) is 35.9 Å². The van der Waals surface area contributed by atoms with Gasteiger partial charge >= 0.3 is 12.1 Å². The van der Waals surface area contributed by atoms with Gasteiger partial charge in [-0.15, -0.1) is 0 Å². The minimum atomic E-state index is -0.654. The summed E-state index contributed by atoms with van der Waals surface area (Å²) in [6.45, 7) is 7.15. The van der Waals surface area contributed by atoms with Crippen LogP contribution < -0.4 is 4.74 Å². The van der Waals surface area contributed by atoms with Crippen LogP contribution in [-0.2, 0) is 9.47 Å². The quantitative estimate of drug-likeness (QED) is 0.788. The summed E-state index contributed by atoms with van der Waals surface area (Å²) in [7, 11) is 1.45. The Balaban J connectivity index is 3.08. The van der Waals surface area contributed by atoms with Gasteiger partial charge in [0.1, 0.15) is 17.0 Å². The standard InChI is InChI=1S/C13H19NO5/c1-6-18-11(15)10-7-9(17-5)8-14(10)12(16)19-13(2,3)4/h7-8H,6H2,1-5H3. The van der Waals surface area contributed by atoms with E-state index in [9.17, 15) is 9.59 Å². The van der Waals surface area contributed by atoms with Crippen LogP contribution in [0.25, 0.3) is 0 Å². The maximum absolute atomic E-state index is 12.0. The minimum Gasteiger partial charge on any atom is -0.495 e. The molecule has 6 heteroatoms. The molecule has 0 amide bonds. The van der Waals surface area contributed by atoms with Gasteiger partial charge in [0.2, 0.25) is 0 Å². The molecule has 0 aliphatic heterocycles. The van der Waals surface area contributed by atoms with Crippen LogP contribution >= 0.6 is 0 Å². The average molecular weight is 269 g/mol. The van der Waals surface area contributed by atoms with Crippen LogP contribution in [0.5, 0.6) is 5.75 Å². The van der Waals surface area contributed by atoms with Crippen molar-refractivity contribution in [3.05, 3.63) is 18.0 Å². The first-order chi connectivity index (χ1) is 8.78. The third-order valence-corrected chi connectivity index (χ3v) is 2.11. The third-order valence-electron chi connectivity index (χ3n) is 2.11. The molecule has 0 atom stereocenters. The molecule has 0 unspecified atom stereocenters. The first-order valence-electron chi connectivity index (χ1n) is 5.95. The van der Waals surface area contributed by atoms with Crippen molar-refractivity contribution < 1.29 is 23.8 Å². The number of carbonyl (C=O) groups is 2. The fourth-order valence-corrected chi connectivity index (χ4v) is 1.37. The minimum absolute atomic E-state index is 0.0768. The van der Waals surface area contributed by atoms with Crippen molar-refractivity contribution in [2.75, 3.05) is 13.7 Å². The molecule has 0 fully saturated rings. The van der Waals surface area contributed by atoms with Crippen LogP contribution in [0.1, 0.15) is 38.2 Å². The van der Waals surface area contributed by atoms with Crippen molar-refractivity contribution in [1.29, 1.82) is 0 Å². The third kappa shape index (κ3) is 4.01. The van der Waals surface area contributed by atoms with E-state index in [1.54, 1.807) is 27.7 Å². The molecular weight excluding hydrogens is 250 g/mol. The molecule has 0 bridgehead atoms. The molecule has 6 nitrogen and oxygen atoms in total. The smallest absolute Gasteiger partial charge is 0.419 e. The summed E-state index contributed by atoms with van der Waals surface area (Å²) in [6.07, 6.45) is 0.735. The van der Waals surface area contributed by atoms with Gasteiger partial charge in [0, 0.05) is 6.07 Å². The Kier molecular flexibility index (Phi) is 4.58. The number of esters is 1. The molecule has 1 heterocycles. The molecule has 1 rings (SSSR count). The average Bonchev–Trinajstić information content (AvgIpc) is 2.71. The molecule has 19 heavy (non-hydrogen) atoms. The SMILES string of the molecule is CCOC(=O)c1cc(OC)cn1C(=O)OC(C)(C)C. The zero-order chi connectivity index (χ0) is 14.6. The predicted molar refractivity (Wildman–Crippen MR) is 68.6 cm³/mol. The Labute approximate surface area is 112 Å². The van der Waals surface area contributed by atoms with Crippen LogP contribution in [0.2, 0.25) is 0 Å². The second-order valence-corrected chi connectivity index (χ2v) is 4.84. The van der Waals surface area contributed by atoms with Crippen molar-refractivity contribution in [2.45, 2.75) is 33.3 Å².